The standard InChI is InChI=1S/C64H46N2Si/c1-5-23-50(24-6-1)66-62-36-16-15-33-61(62)64-60(35-19-37-63(64)66)49-22-17-25-53(46-49)65(51-40-38-48(39-41-51)59-34-18-21-47-20-13-14-32-58(47)59)52-42-44-57(45-43-52)67(54-26-7-2-8-27-54,55-28-9-3-10-29-55)56-30-11-4-12-31-56/h1-46H. The molecule has 11 aromatic carbocycles. The van der Waals surface area contributed by atoms with Crippen LogP contribution in [0.25, 0.3) is 60.5 Å². The van der Waals surface area contributed by atoms with Crippen LogP contribution in [0.1, 0.15) is 0 Å². The van der Waals surface area contributed by atoms with E-state index in [4.69, 9.17) is 0 Å². The quantitative estimate of drug-likeness (QED) is 0.0982. The first-order chi connectivity index (χ1) is 33.3. The van der Waals surface area contributed by atoms with Crippen molar-refractivity contribution in [3.05, 3.63) is 279 Å². The summed E-state index contributed by atoms with van der Waals surface area (Å²) in [5.41, 5.74) is 11.6. The highest BCUT2D eigenvalue weighted by molar-refractivity contribution is 7.19. The van der Waals surface area contributed by atoms with E-state index in [1.807, 2.05) is 0 Å². The molecule has 12 aromatic rings. The molecule has 1 heterocycles. The van der Waals surface area contributed by atoms with Gasteiger partial charge >= 0.3 is 0 Å². The molecule has 3 heteroatoms. The molecule has 0 spiro atoms. The third-order valence-corrected chi connectivity index (χ3v) is 18.3. The van der Waals surface area contributed by atoms with Crippen LogP contribution in [0.4, 0.5) is 17.1 Å². The third-order valence-electron chi connectivity index (χ3n) is 13.5. The number of anilines is 3. The number of hydrogen-bond donors (Lipinski definition) is 0. The predicted molar refractivity (Wildman–Crippen MR) is 287 cm³/mol. The number of aromatic nitrogens is 1. The van der Waals surface area contributed by atoms with Crippen LogP contribution < -0.4 is 25.6 Å². The van der Waals surface area contributed by atoms with Crippen molar-refractivity contribution >= 4 is 78.5 Å². The van der Waals surface area contributed by atoms with Crippen LogP contribution in [0, 0.1) is 0 Å². The Morgan fingerprint density at radius 1 is 0.299 bits per heavy atom. The largest absolute Gasteiger partial charge is 0.310 e. The minimum atomic E-state index is -2.73. The van der Waals surface area contributed by atoms with Crippen molar-refractivity contribution in [3.63, 3.8) is 0 Å². The SMILES string of the molecule is c1ccc(-n2c3ccccc3c3c(-c4cccc(N(c5ccc(-c6cccc7ccccc67)cc5)c5ccc([Si](c6ccccc6)(c6ccccc6)c6ccccc6)cc5)c4)cccc32)cc1. The molecule has 0 amide bonds. The Morgan fingerprint density at radius 2 is 0.776 bits per heavy atom. The molecule has 316 valence electrons. The second-order valence-electron chi connectivity index (χ2n) is 17.2. The molecule has 0 aliphatic rings. The van der Waals surface area contributed by atoms with Gasteiger partial charge in [0.2, 0.25) is 0 Å². The Labute approximate surface area is 392 Å². The number of fused-ring (bicyclic) bond motifs is 4. The van der Waals surface area contributed by atoms with Crippen molar-refractivity contribution in [1.29, 1.82) is 0 Å². The lowest BCUT2D eigenvalue weighted by Crippen LogP contribution is -2.74. The molecule has 0 N–H and O–H groups in total. The number of hydrogen-bond acceptors (Lipinski definition) is 1. The monoisotopic (exact) mass is 870 g/mol. The van der Waals surface area contributed by atoms with Gasteiger partial charge in [0.15, 0.2) is 8.07 Å². The van der Waals surface area contributed by atoms with Gasteiger partial charge in [0, 0.05) is 33.5 Å². The van der Waals surface area contributed by atoms with Crippen molar-refractivity contribution in [2.24, 2.45) is 0 Å². The van der Waals surface area contributed by atoms with E-state index >= 15 is 0 Å². The highest BCUT2D eigenvalue weighted by atomic mass is 28.3. The van der Waals surface area contributed by atoms with E-state index in [-0.39, 0.29) is 0 Å². The Morgan fingerprint density at radius 3 is 1.43 bits per heavy atom. The maximum absolute atomic E-state index is 2.73. The minimum Gasteiger partial charge on any atom is -0.310 e. The molecule has 0 saturated carbocycles. The van der Waals surface area contributed by atoms with Gasteiger partial charge in [-0.25, -0.2) is 0 Å². The maximum Gasteiger partial charge on any atom is 0.179 e. The summed E-state index contributed by atoms with van der Waals surface area (Å²) in [4.78, 5) is 2.42. The second kappa shape index (κ2) is 17.1. The Kier molecular flexibility index (Phi) is 10.2. The lowest BCUT2D eigenvalue weighted by Gasteiger charge is -2.35. The number of benzene rings is 11. The van der Waals surface area contributed by atoms with Crippen molar-refractivity contribution in [2.45, 2.75) is 0 Å². The maximum atomic E-state index is 2.42. The Bertz CT molecular complexity index is 3560. The highest BCUT2D eigenvalue weighted by Crippen LogP contribution is 2.42. The smallest absolute Gasteiger partial charge is 0.179 e. The summed E-state index contributed by atoms with van der Waals surface area (Å²) in [6.45, 7) is 0. The molecule has 1 aromatic heterocycles. The van der Waals surface area contributed by atoms with E-state index in [9.17, 15) is 0 Å². The topological polar surface area (TPSA) is 8.17 Å². The van der Waals surface area contributed by atoms with Gasteiger partial charge in [0.05, 0.1) is 11.0 Å². The van der Waals surface area contributed by atoms with Crippen LogP contribution in [-0.4, -0.2) is 12.6 Å². The van der Waals surface area contributed by atoms with Crippen LogP contribution in [0.15, 0.2) is 279 Å². The number of rotatable bonds is 10. The van der Waals surface area contributed by atoms with Crippen molar-refractivity contribution in [2.75, 3.05) is 4.90 Å². The minimum absolute atomic E-state index is 1.09. The lowest BCUT2D eigenvalue weighted by molar-refractivity contribution is 1.18. The number of para-hydroxylation sites is 2. The molecule has 67 heavy (non-hydrogen) atoms. The highest BCUT2D eigenvalue weighted by Gasteiger charge is 2.41. The summed E-state index contributed by atoms with van der Waals surface area (Å²) in [7, 11) is -2.73. The van der Waals surface area contributed by atoms with Gasteiger partial charge in [-0.1, -0.05) is 218 Å². The van der Waals surface area contributed by atoms with Crippen LogP contribution in [-0.2, 0) is 0 Å². The first kappa shape index (κ1) is 40.0. The summed E-state index contributed by atoms with van der Waals surface area (Å²) in [5.74, 6) is 0. The second-order valence-corrected chi connectivity index (χ2v) is 21.1. The van der Waals surface area contributed by atoms with E-state index in [0.29, 0.717) is 0 Å². The molecule has 0 saturated heterocycles. The fourth-order valence-electron chi connectivity index (χ4n) is 10.6. The molecule has 0 fully saturated rings. The summed E-state index contributed by atoms with van der Waals surface area (Å²) in [6.07, 6.45) is 0. The van der Waals surface area contributed by atoms with E-state index in [1.54, 1.807) is 0 Å². The zero-order valence-corrected chi connectivity index (χ0v) is 38.0. The first-order valence-corrected chi connectivity index (χ1v) is 25.1. The van der Waals surface area contributed by atoms with Gasteiger partial charge < -0.3 is 9.47 Å². The predicted octanol–water partition coefficient (Wildman–Crippen LogP) is 14.1. The van der Waals surface area contributed by atoms with Crippen LogP contribution >= 0.6 is 0 Å². The summed E-state index contributed by atoms with van der Waals surface area (Å²) >= 11 is 0. The Balaban J connectivity index is 1.04. The van der Waals surface area contributed by atoms with E-state index in [1.165, 1.54) is 70.0 Å². The summed E-state index contributed by atoms with van der Waals surface area (Å²) in [5, 5.41) is 10.4. The Hall–Kier alpha value is -8.50. The number of nitrogens with zero attached hydrogens (tertiary/aromatic N) is 2. The fraction of sp³-hybridized carbons (Fsp3) is 0. The van der Waals surface area contributed by atoms with E-state index in [2.05, 4.69) is 289 Å². The zero-order chi connectivity index (χ0) is 44.6. The van der Waals surface area contributed by atoms with Gasteiger partial charge in [0.1, 0.15) is 0 Å². The van der Waals surface area contributed by atoms with E-state index in [0.717, 1.165) is 28.3 Å². The normalized spacial score (nSPS) is 11.6. The molecule has 0 atom stereocenters. The molecule has 0 radical (unpaired) electrons. The molecule has 0 aliphatic carbocycles. The van der Waals surface area contributed by atoms with Crippen molar-refractivity contribution in [1.82, 2.24) is 4.57 Å². The molecule has 12 rings (SSSR count). The first-order valence-electron chi connectivity index (χ1n) is 23.1. The fourth-order valence-corrected chi connectivity index (χ4v) is 15.3. The average Bonchev–Trinajstić information content (AvgIpc) is 3.75. The van der Waals surface area contributed by atoms with Gasteiger partial charge in [0.25, 0.3) is 0 Å². The average molecular weight is 871 g/mol. The molecule has 0 aliphatic heterocycles. The van der Waals surface area contributed by atoms with Crippen molar-refractivity contribution < 1.29 is 0 Å². The third kappa shape index (κ3) is 6.96. The zero-order valence-electron chi connectivity index (χ0n) is 37.0. The molecule has 0 unspecified atom stereocenters. The van der Waals surface area contributed by atoms with Crippen molar-refractivity contribution in [3.8, 4) is 27.9 Å². The lowest BCUT2D eigenvalue weighted by atomic mass is 9.97. The van der Waals surface area contributed by atoms with Gasteiger partial charge in [-0.2, -0.15) is 0 Å². The molecule has 0 bridgehead atoms. The molecular formula is C64H46N2Si. The van der Waals surface area contributed by atoms with Crippen LogP contribution in [0.2, 0.25) is 0 Å². The van der Waals surface area contributed by atoms with Crippen LogP contribution in [0.5, 0.6) is 0 Å². The van der Waals surface area contributed by atoms with Crippen LogP contribution in [0.3, 0.4) is 0 Å². The molecule has 2 nitrogen and oxygen atoms in total. The van der Waals surface area contributed by atoms with Gasteiger partial charge in [-0.15, -0.1) is 0 Å². The summed E-state index contributed by atoms with van der Waals surface area (Å²) < 4.78 is 2.40. The molecular weight excluding hydrogens is 825 g/mol. The van der Waals surface area contributed by atoms with E-state index < -0.39 is 8.07 Å². The van der Waals surface area contributed by atoms with Gasteiger partial charge in [-0.3, -0.25) is 0 Å². The summed E-state index contributed by atoms with van der Waals surface area (Å²) in [6, 6.07) is 103. The van der Waals surface area contributed by atoms with Gasteiger partial charge in [-0.05, 0) is 114 Å².